The maximum absolute atomic E-state index is 6.24. The number of rotatable bonds is 6. The third-order valence-electron chi connectivity index (χ3n) is 3.89. The number of thiophene rings is 1. The summed E-state index contributed by atoms with van der Waals surface area (Å²) in [4.78, 5) is 3.95. The fraction of sp³-hybridized carbons (Fsp3) is 0.714. The Kier molecular flexibility index (Phi) is 5.24. The molecule has 102 valence electrons. The van der Waals surface area contributed by atoms with E-state index in [0.717, 1.165) is 12.5 Å². The first-order valence-electron chi connectivity index (χ1n) is 6.85. The molecule has 0 aromatic carbocycles. The highest BCUT2D eigenvalue weighted by atomic mass is 79.9. The van der Waals surface area contributed by atoms with Crippen LogP contribution in [0.25, 0.3) is 0 Å². The maximum atomic E-state index is 6.24. The molecule has 1 fully saturated rings. The quantitative estimate of drug-likeness (QED) is 0.853. The Bertz CT molecular complexity index is 374. The zero-order valence-electron chi connectivity index (χ0n) is 11.2. The average molecular weight is 331 g/mol. The van der Waals surface area contributed by atoms with E-state index >= 15 is 0 Å². The molecule has 0 bridgehead atoms. The zero-order valence-corrected chi connectivity index (χ0v) is 13.6. The molecule has 0 aliphatic heterocycles. The molecule has 0 amide bonds. The Balaban J connectivity index is 2.11. The molecule has 2 atom stereocenters. The van der Waals surface area contributed by atoms with Gasteiger partial charge < -0.3 is 5.73 Å². The van der Waals surface area contributed by atoms with Crippen LogP contribution in [0, 0.1) is 5.92 Å². The van der Waals surface area contributed by atoms with Crippen molar-refractivity contribution in [1.29, 1.82) is 0 Å². The van der Waals surface area contributed by atoms with E-state index < -0.39 is 0 Å². The van der Waals surface area contributed by atoms with Gasteiger partial charge in [-0.05, 0) is 54.2 Å². The second-order valence-corrected chi connectivity index (χ2v) is 7.21. The fourth-order valence-corrected chi connectivity index (χ4v) is 4.39. The monoisotopic (exact) mass is 330 g/mol. The first kappa shape index (κ1) is 14.5. The highest BCUT2D eigenvalue weighted by Crippen LogP contribution is 2.34. The third kappa shape index (κ3) is 3.35. The number of nitrogens with zero attached hydrogens (tertiary/aromatic N) is 1. The third-order valence-corrected chi connectivity index (χ3v) is 5.66. The smallest absolute Gasteiger partial charge is 0.0591 e. The summed E-state index contributed by atoms with van der Waals surface area (Å²) in [6.45, 7) is 6.66. The molecule has 2 nitrogen and oxygen atoms in total. The van der Waals surface area contributed by atoms with Crippen molar-refractivity contribution in [3.8, 4) is 0 Å². The lowest BCUT2D eigenvalue weighted by Crippen LogP contribution is -2.42. The van der Waals surface area contributed by atoms with E-state index in [4.69, 9.17) is 5.73 Å². The summed E-state index contributed by atoms with van der Waals surface area (Å²) in [6.07, 6.45) is 4.21. The lowest BCUT2D eigenvalue weighted by molar-refractivity contribution is 0.127. The molecule has 2 N–H and O–H groups in total. The molecular weight excluding hydrogens is 308 g/mol. The molecule has 1 heterocycles. The lowest BCUT2D eigenvalue weighted by atomic mass is 9.84. The van der Waals surface area contributed by atoms with Gasteiger partial charge >= 0.3 is 0 Å². The van der Waals surface area contributed by atoms with Crippen LogP contribution in [-0.2, 0) is 0 Å². The van der Waals surface area contributed by atoms with Crippen LogP contribution in [0.2, 0.25) is 0 Å². The van der Waals surface area contributed by atoms with Crippen molar-refractivity contribution >= 4 is 27.3 Å². The average Bonchev–Trinajstić information content (AvgIpc) is 2.67. The molecular formula is C14H23BrN2S. The van der Waals surface area contributed by atoms with Gasteiger partial charge in [-0.2, -0.15) is 0 Å². The molecule has 0 spiro atoms. The van der Waals surface area contributed by atoms with E-state index in [9.17, 15) is 0 Å². The van der Waals surface area contributed by atoms with Crippen LogP contribution < -0.4 is 5.73 Å². The van der Waals surface area contributed by atoms with Crippen LogP contribution in [0.1, 0.15) is 44.0 Å². The highest BCUT2D eigenvalue weighted by molar-refractivity contribution is 9.10. The van der Waals surface area contributed by atoms with Crippen LogP contribution in [0.5, 0.6) is 0 Å². The molecule has 1 saturated carbocycles. The van der Waals surface area contributed by atoms with E-state index in [1.54, 1.807) is 0 Å². The maximum Gasteiger partial charge on any atom is 0.0591 e. The van der Waals surface area contributed by atoms with Gasteiger partial charge in [0.05, 0.1) is 6.04 Å². The van der Waals surface area contributed by atoms with Crippen LogP contribution in [0.15, 0.2) is 15.9 Å². The summed E-state index contributed by atoms with van der Waals surface area (Å²) in [5.74, 6) is 0.898. The summed E-state index contributed by atoms with van der Waals surface area (Å²) in [5.41, 5.74) is 6.24. The Labute approximate surface area is 123 Å². The second kappa shape index (κ2) is 6.51. The van der Waals surface area contributed by atoms with E-state index in [-0.39, 0.29) is 6.04 Å². The van der Waals surface area contributed by atoms with Crippen molar-refractivity contribution in [1.82, 2.24) is 4.90 Å². The predicted molar refractivity (Wildman–Crippen MR) is 83.0 cm³/mol. The number of hydrogen-bond donors (Lipinski definition) is 1. The minimum Gasteiger partial charge on any atom is -0.326 e. The molecule has 0 radical (unpaired) electrons. The molecule has 2 unspecified atom stereocenters. The van der Waals surface area contributed by atoms with Gasteiger partial charge in [-0.25, -0.2) is 0 Å². The minimum atomic E-state index is 0.176. The van der Waals surface area contributed by atoms with Crippen molar-refractivity contribution in [2.75, 3.05) is 13.1 Å². The van der Waals surface area contributed by atoms with Gasteiger partial charge in [-0.1, -0.05) is 13.3 Å². The molecule has 4 heteroatoms. The molecule has 2 rings (SSSR count). The van der Waals surface area contributed by atoms with Gasteiger partial charge in [-0.15, -0.1) is 11.3 Å². The largest absolute Gasteiger partial charge is 0.326 e. The molecule has 18 heavy (non-hydrogen) atoms. The normalized spacial score (nSPS) is 19.8. The molecule has 0 saturated heterocycles. The van der Waals surface area contributed by atoms with Crippen LogP contribution in [-0.4, -0.2) is 24.0 Å². The van der Waals surface area contributed by atoms with Gasteiger partial charge in [0.25, 0.3) is 0 Å². The van der Waals surface area contributed by atoms with Crippen LogP contribution in [0.3, 0.4) is 0 Å². The second-order valence-electron chi connectivity index (χ2n) is 5.36. The topological polar surface area (TPSA) is 29.3 Å². The predicted octanol–water partition coefficient (Wildman–Crippen LogP) is 4.02. The number of nitrogens with two attached hydrogens (primary N) is 1. The summed E-state index contributed by atoms with van der Waals surface area (Å²) < 4.78 is 1.17. The lowest BCUT2D eigenvalue weighted by Gasteiger charge is -2.38. The molecule has 1 aromatic heterocycles. The summed E-state index contributed by atoms with van der Waals surface area (Å²) >= 11 is 5.36. The number of hydrogen-bond acceptors (Lipinski definition) is 3. The van der Waals surface area contributed by atoms with Crippen molar-refractivity contribution in [3.63, 3.8) is 0 Å². The minimum absolute atomic E-state index is 0.176. The van der Waals surface area contributed by atoms with E-state index in [1.165, 1.54) is 35.2 Å². The van der Waals surface area contributed by atoms with Crippen LogP contribution >= 0.6 is 27.3 Å². The standard InChI is InChI=1S/C14H23BrN2S/c1-3-17(8-11-5-4-6-11)14(10(2)16)13-7-12(15)9-18-13/h7,9-11,14H,3-6,8,16H2,1-2H3. The van der Waals surface area contributed by atoms with Crippen molar-refractivity contribution in [3.05, 3.63) is 20.8 Å². The Morgan fingerprint density at radius 2 is 2.28 bits per heavy atom. The zero-order chi connectivity index (χ0) is 13.1. The van der Waals surface area contributed by atoms with Crippen LogP contribution in [0.4, 0.5) is 0 Å². The SMILES string of the molecule is CCN(CC1CCC1)C(c1cc(Br)cs1)C(C)N. The molecule has 1 aliphatic rings. The first-order valence-corrected chi connectivity index (χ1v) is 8.52. The van der Waals surface area contributed by atoms with Gasteiger partial charge in [0.2, 0.25) is 0 Å². The first-order chi connectivity index (χ1) is 8.61. The van der Waals surface area contributed by atoms with Gasteiger partial charge in [0.1, 0.15) is 0 Å². The van der Waals surface area contributed by atoms with Crippen molar-refractivity contribution in [2.24, 2.45) is 11.7 Å². The molecule has 1 aromatic rings. The Morgan fingerprint density at radius 1 is 1.56 bits per heavy atom. The van der Waals surface area contributed by atoms with Gasteiger partial charge in [-0.3, -0.25) is 4.90 Å². The van der Waals surface area contributed by atoms with E-state index in [0.29, 0.717) is 6.04 Å². The van der Waals surface area contributed by atoms with Crippen molar-refractivity contribution < 1.29 is 0 Å². The van der Waals surface area contributed by atoms with E-state index in [2.05, 4.69) is 46.1 Å². The van der Waals surface area contributed by atoms with Gasteiger partial charge in [0, 0.05) is 27.3 Å². The number of likely N-dealkylation sites (N-methyl/N-ethyl adjacent to an activating group) is 1. The van der Waals surface area contributed by atoms with Crippen molar-refractivity contribution in [2.45, 2.75) is 45.2 Å². The summed E-state index contributed by atoms with van der Waals surface area (Å²) in [5, 5.41) is 2.15. The summed E-state index contributed by atoms with van der Waals surface area (Å²) in [6, 6.07) is 2.77. The van der Waals surface area contributed by atoms with E-state index in [1.807, 2.05) is 11.3 Å². The fourth-order valence-electron chi connectivity index (χ4n) is 2.70. The Morgan fingerprint density at radius 3 is 2.67 bits per heavy atom. The number of halogens is 1. The Hall–Kier alpha value is 0.1000. The molecule has 1 aliphatic carbocycles. The summed E-state index contributed by atoms with van der Waals surface area (Å²) in [7, 11) is 0. The van der Waals surface area contributed by atoms with Gasteiger partial charge in [0.15, 0.2) is 0 Å². The highest BCUT2D eigenvalue weighted by Gasteiger charge is 2.28.